The van der Waals surface area contributed by atoms with Gasteiger partial charge in [-0.2, -0.15) is 0 Å². The highest BCUT2D eigenvalue weighted by Crippen LogP contribution is 2.09. The summed E-state index contributed by atoms with van der Waals surface area (Å²) in [5.74, 6) is -0.920. The van der Waals surface area contributed by atoms with E-state index in [9.17, 15) is 9.59 Å². The molecule has 5 nitrogen and oxygen atoms in total. The lowest BCUT2D eigenvalue weighted by molar-refractivity contribution is -0.138. The molecule has 2 atom stereocenters. The second-order valence-electron chi connectivity index (χ2n) is 5.11. The van der Waals surface area contributed by atoms with Gasteiger partial charge in [0.25, 0.3) is 0 Å². The molecule has 19 heavy (non-hydrogen) atoms. The number of carbonyl (C=O) groups excluding carboxylic acids is 1. The van der Waals surface area contributed by atoms with Crippen molar-refractivity contribution in [2.24, 2.45) is 11.5 Å². The number of ketones is 1. The summed E-state index contributed by atoms with van der Waals surface area (Å²) in [6.45, 7) is 2.16. The van der Waals surface area contributed by atoms with Crippen molar-refractivity contribution in [3.8, 4) is 0 Å². The van der Waals surface area contributed by atoms with Crippen LogP contribution in [0.5, 0.6) is 0 Å². The third-order valence-electron chi connectivity index (χ3n) is 3.29. The maximum Gasteiger partial charge on any atom is 0.320 e. The molecule has 0 fully saturated rings. The number of Topliss-reactive ketones (excluding diaryl/α,β-unsaturated/α-hetero) is 1. The summed E-state index contributed by atoms with van der Waals surface area (Å²) in [7, 11) is 0. The Morgan fingerprint density at radius 2 is 1.53 bits per heavy atom. The number of rotatable bonds is 12. The largest absolute Gasteiger partial charge is 0.480 e. The van der Waals surface area contributed by atoms with Gasteiger partial charge in [-0.25, -0.2) is 0 Å². The number of nitrogens with two attached hydrogens (primary N) is 2. The lowest BCUT2D eigenvalue weighted by Crippen LogP contribution is -2.33. The van der Waals surface area contributed by atoms with Crippen molar-refractivity contribution in [3.63, 3.8) is 0 Å². The highest BCUT2D eigenvalue weighted by molar-refractivity contribution is 5.83. The first-order valence-electron chi connectivity index (χ1n) is 7.25. The maximum absolute atomic E-state index is 11.7. The smallest absolute Gasteiger partial charge is 0.320 e. The van der Waals surface area contributed by atoms with Crippen LogP contribution in [0.25, 0.3) is 0 Å². The molecule has 0 saturated carbocycles. The molecule has 0 radical (unpaired) electrons. The van der Waals surface area contributed by atoms with Crippen LogP contribution in [0.2, 0.25) is 0 Å². The van der Waals surface area contributed by atoms with E-state index in [2.05, 4.69) is 6.92 Å². The van der Waals surface area contributed by atoms with Gasteiger partial charge in [0.1, 0.15) is 11.8 Å². The molecule has 5 heteroatoms. The maximum atomic E-state index is 11.7. The molecule has 5 N–H and O–H groups in total. The molecule has 0 amide bonds. The summed E-state index contributed by atoms with van der Waals surface area (Å²) < 4.78 is 0. The fraction of sp³-hybridized carbons (Fsp3) is 0.857. The van der Waals surface area contributed by atoms with E-state index in [0.29, 0.717) is 25.7 Å². The van der Waals surface area contributed by atoms with E-state index < -0.39 is 18.1 Å². The summed E-state index contributed by atoms with van der Waals surface area (Å²) in [6, 6.07) is -1.32. The molecule has 0 spiro atoms. The van der Waals surface area contributed by atoms with Gasteiger partial charge in [-0.05, 0) is 25.7 Å². The monoisotopic (exact) mass is 272 g/mol. The van der Waals surface area contributed by atoms with Crippen molar-refractivity contribution >= 4 is 11.8 Å². The first-order valence-corrected chi connectivity index (χ1v) is 7.25. The molecule has 0 bridgehead atoms. The molecule has 0 aliphatic rings. The molecule has 0 aromatic carbocycles. The summed E-state index contributed by atoms with van der Waals surface area (Å²) in [5.41, 5.74) is 11.2. The fourth-order valence-corrected chi connectivity index (χ4v) is 1.93. The third-order valence-corrected chi connectivity index (χ3v) is 3.29. The van der Waals surface area contributed by atoms with Crippen LogP contribution in [0.1, 0.15) is 64.7 Å². The van der Waals surface area contributed by atoms with Gasteiger partial charge >= 0.3 is 5.97 Å². The van der Waals surface area contributed by atoms with E-state index in [1.165, 1.54) is 19.3 Å². The second-order valence-corrected chi connectivity index (χ2v) is 5.11. The predicted octanol–water partition coefficient (Wildman–Crippen LogP) is 1.83. The van der Waals surface area contributed by atoms with Crippen molar-refractivity contribution in [1.82, 2.24) is 0 Å². The molecule has 2 unspecified atom stereocenters. The van der Waals surface area contributed by atoms with Crippen LogP contribution in [-0.2, 0) is 9.59 Å². The van der Waals surface area contributed by atoms with E-state index in [1.807, 2.05) is 0 Å². The van der Waals surface area contributed by atoms with E-state index in [0.717, 1.165) is 12.8 Å². The Kier molecular flexibility index (Phi) is 10.4. The van der Waals surface area contributed by atoms with Gasteiger partial charge in [-0.1, -0.05) is 32.6 Å². The molecular formula is C14H28N2O3. The normalized spacial score (nSPS) is 14.1. The van der Waals surface area contributed by atoms with Crippen molar-refractivity contribution in [2.45, 2.75) is 76.8 Å². The summed E-state index contributed by atoms with van der Waals surface area (Å²) in [6.07, 6.45) is 7.57. The fourth-order valence-electron chi connectivity index (χ4n) is 1.93. The average molecular weight is 272 g/mol. The summed E-state index contributed by atoms with van der Waals surface area (Å²) in [4.78, 5) is 22.2. The number of carbonyl (C=O) groups is 2. The van der Waals surface area contributed by atoms with Crippen LogP contribution < -0.4 is 11.5 Å². The minimum absolute atomic E-state index is 0.0837. The summed E-state index contributed by atoms with van der Waals surface area (Å²) >= 11 is 0. The van der Waals surface area contributed by atoms with Crippen molar-refractivity contribution in [3.05, 3.63) is 0 Å². The van der Waals surface area contributed by atoms with Crippen molar-refractivity contribution < 1.29 is 14.7 Å². The van der Waals surface area contributed by atoms with E-state index in [-0.39, 0.29) is 5.78 Å². The lowest BCUT2D eigenvalue weighted by atomic mass is 9.99. The van der Waals surface area contributed by atoms with Crippen LogP contribution in [0, 0.1) is 0 Å². The minimum atomic E-state index is -1.00. The zero-order valence-electron chi connectivity index (χ0n) is 11.9. The van der Waals surface area contributed by atoms with Crippen LogP contribution >= 0.6 is 0 Å². The molecule has 0 saturated heterocycles. The van der Waals surface area contributed by atoms with E-state index in [1.54, 1.807) is 0 Å². The third kappa shape index (κ3) is 9.62. The first-order chi connectivity index (χ1) is 8.99. The van der Waals surface area contributed by atoms with Crippen LogP contribution in [0.3, 0.4) is 0 Å². The topological polar surface area (TPSA) is 106 Å². The molecule has 0 heterocycles. The van der Waals surface area contributed by atoms with Gasteiger partial charge in [0.15, 0.2) is 0 Å². The minimum Gasteiger partial charge on any atom is -0.480 e. The van der Waals surface area contributed by atoms with Gasteiger partial charge in [0.05, 0.1) is 6.04 Å². The van der Waals surface area contributed by atoms with Gasteiger partial charge in [0.2, 0.25) is 0 Å². The van der Waals surface area contributed by atoms with Crippen LogP contribution in [0.4, 0.5) is 0 Å². The van der Waals surface area contributed by atoms with Crippen molar-refractivity contribution in [1.29, 1.82) is 0 Å². The number of hydrogen-bond acceptors (Lipinski definition) is 4. The molecule has 0 aromatic heterocycles. The Hall–Kier alpha value is -0.940. The van der Waals surface area contributed by atoms with Crippen molar-refractivity contribution in [2.75, 3.05) is 0 Å². The summed E-state index contributed by atoms with van der Waals surface area (Å²) in [5, 5.41) is 8.62. The molecule has 0 aromatic rings. The Balaban J connectivity index is 3.61. The average Bonchev–Trinajstić information content (AvgIpc) is 2.37. The van der Waals surface area contributed by atoms with Gasteiger partial charge < -0.3 is 16.6 Å². The van der Waals surface area contributed by atoms with Crippen LogP contribution in [0.15, 0.2) is 0 Å². The number of aliphatic carboxylic acids is 1. The van der Waals surface area contributed by atoms with Gasteiger partial charge in [0, 0.05) is 6.42 Å². The molecule has 0 aliphatic carbocycles. The Morgan fingerprint density at radius 3 is 2.11 bits per heavy atom. The van der Waals surface area contributed by atoms with E-state index in [4.69, 9.17) is 16.6 Å². The Labute approximate surface area is 115 Å². The Morgan fingerprint density at radius 1 is 0.947 bits per heavy atom. The van der Waals surface area contributed by atoms with E-state index >= 15 is 0 Å². The standard InChI is InChI=1S/C14H28N2O3/c1-2-3-4-5-6-10-13(17)11(15)8-7-9-12(16)14(18)19/h11-12H,2-10,15-16H2,1H3,(H,18,19). The van der Waals surface area contributed by atoms with Gasteiger partial charge in [-0.15, -0.1) is 0 Å². The van der Waals surface area contributed by atoms with Gasteiger partial charge in [-0.3, -0.25) is 9.59 Å². The zero-order valence-corrected chi connectivity index (χ0v) is 11.9. The second kappa shape index (κ2) is 10.9. The highest BCUT2D eigenvalue weighted by Gasteiger charge is 2.15. The quantitative estimate of drug-likeness (QED) is 0.470. The zero-order chi connectivity index (χ0) is 14.7. The molecular weight excluding hydrogens is 244 g/mol. The number of carboxylic acids is 1. The number of carboxylic acid groups (broad SMARTS) is 1. The number of unbranched alkanes of at least 4 members (excludes halogenated alkanes) is 4. The lowest BCUT2D eigenvalue weighted by Gasteiger charge is -2.11. The predicted molar refractivity (Wildman–Crippen MR) is 75.8 cm³/mol. The van der Waals surface area contributed by atoms with Crippen LogP contribution in [-0.4, -0.2) is 28.9 Å². The molecule has 0 aliphatic heterocycles. The Bertz CT molecular complexity index is 269. The highest BCUT2D eigenvalue weighted by atomic mass is 16.4. The molecule has 112 valence electrons. The SMILES string of the molecule is CCCCCCCC(=O)C(N)CCCC(N)C(=O)O. The molecule has 0 rings (SSSR count). The first kappa shape index (κ1) is 18.1. The number of hydrogen-bond donors (Lipinski definition) is 3.